The Morgan fingerprint density at radius 1 is 1.07 bits per heavy atom. The van der Waals surface area contributed by atoms with Crippen LogP contribution in [0.15, 0.2) is 50.4 Å². The van der Waals surface area contributed by atoms with Crippen molar-refractivity contribution in [2.24, 2.45) is 0 Å². The van der Waals surface area contributed by atoms with Gasteiger partial charge in [-0.2, -0.15) is 4.68 Å². The summed E-state index contributed by atoms with van der Waals surface area (Å²) in [5, 5.41) is 18.1. The van der Waals surface area contributed by atoms with Gasteiger partial charge in [-0.25, -0.2) is 4.98 Å². The highest BCUT2D eigenvalue weighted by atomic mass is 79.9. The number of aryl methyl sites for hydroxylation is 3. The number of ether oxygens (including phenoxy) is 1. The van der Waals surface area contributed by atoms with Crippen LogP contribution in [0.5, 0.6) is 5.75 Å². The standard InChI is InChI=1S/C30H28BrN7O5/c1-15-12-23(33-28(40)27-34-24-13-17-5-4-6-19(17)30(41)38(24)37-27)16(2)11-22(15)32-25(39)9-10-26-35-36-29(43-26)20-14-18(42-3)7-8-21(20)31/h7-8,11-12,14H,4-6,9-10,13H2,1-3H3,(H,32,39)(H,33,40). The third-order valence-corrected chi connectivity index (χ3v) is 8.25. The molecule has 1 aliphatic carbocycles. The van der Waals surface area contributed by atoms with E-state index < -0.39 is 5.91 Å². The van der Waals surface area contributed by atoms with Crippen LogP contribution in [0.2, 0.25) is 0 Å². The van der Waals surface area contributed by atoms with Crippen molar-refractivity contribution in [2.45, 2.75) is 52.4 Å². The number of fused-ring (bicyclic) bond motifs is 1. The number of anilines is 2. The Labute approximate surface area is 255 Å². The third-order valence-electron chi connectivity index (χ3n) is 7.56. The molecule has 2 aromatic carbocycles. The number of nitrogens with one attached hydrogen (secondary N) is 2. The van der Waals surface area contributed by atoms with Gasteiger partial charge in [0.05, 0.1) is 12.7 Å². The van der Waals surface area contributed by atoms with Crippen LogP contribution in [0.3, 0.4) is 0 Å². The van der Waals surface area contributed by atoms with E-state index in [1.807, 2.05) is 26.0 Å². The molecule has 0 spiro atoms. The van der Waals surface area contributed by atoms with Crippen LogP contribution in [-0.2, 0) is 17.6 Å². The number of carbonyl (C=O) groups is 3. The van der Waals surface area contributed by atoms with E-state index in [1.165, 1.54) is 4.68 Å². The molecule has 13 heteroatoms. The van der Waals surface area contributed by atoms with Crippen molar-refractivity contribution in [3.63, 3.8) is 0 Å². The van der Waals surface area contributed by atoms with Crippen LogP contribution in [0.1, 0.15) is 63.9 Å². The van der Waals surface area contributed by atoms with E-state index in [1.54, 1.807) is 25.3 Å². The molecule has 0 bridgehead atoms. The van der Waals surface area contributed by atoms with Gasteiger partial charge in [0.1, 0.15) is 11.6 Å². The molecule has 0 fully saturated rings. The molecular weight excluding hydrogens is 618 g/mol. The molecule has 0 atom stereocenters. The summed E-state index contributed by atoms with van der Waals surface area (Å²) in [6.45, 7) is 3.66. The van der Waals surface area contributed by atoms with Crippen LogP contribution in [0.25, 0.3) is 11.5 Å². The van der Waals surface area contributed by atoms with Crippen molar-refractivity contribution in [1.29, 1.82) is 0 Å². The lowest BCUT2D eigenvalue weighted by atomic mass is 10.0. The summed E-state index contributed by atoms with van der Waals surface area (Å²) >= 11 is 3.48. The van der Waals surface area contributed by atoms with E-state index in [4.69, 9.17) is 9.15 Å². The predicted molar refractivity (Wildman–Crippen MR) is 160 cm³/mol. The Morgan fingerprint density at radius 3 is 2.60 bits per heavy atom. The number of rotatable bonds is 8. The first-order valence-corrected chi connectivity index (χ1v) is 14.6. The van der Waals surface area contributed by atoms with Crippen molar-refractivity contribution in [3.05, 3.63) is 74.6 Å². The van der Waals surface area contributed by atoms with E-state index >= 15 is 0 Å². The second-order valence-electron chi connectivity index (χ2n) is 10.5. The van der Waals surface area contributed by atoms with Crippen LogP contribution >= 0.6 is 15.9 Å². The average Bonchev–Trinajstić information content (AvgIpc) is 3.75. The number of allylic oxidation sites excluding steroid dienone is 2. The van der Waals surface area contributed by atoms with Gasteiger partial charge in [0.15, 0.2) is 0 Å². The average molecular weight is 647 g/mol. The second-order valence-corrected chi connectivity index (χ2v) is 11.4. The number of methoxy groups -OCH3 is 1. The van der Waals surface area contributed by atoms with Crippen molar-refractivity contribution in [2.75, 3.05) is 17.7 Å². The number of amides is 2. The summed E-state index contributed by atoms with van der Waals surface area (Å²) in [4.78, 5) is 42.9. The Balaban J connectivity index is 1.07. The molecule has 1 aliphatic heterocycles. The molecule has 0 saturated heterocycles. The van der Waals surface area contributed by atoms with E-state index in [2.05, 4.69) is 46.8 Å². The lowest BCUT2D eigenvalue weighted by Gasteiger charge is -2.13. The fourth-order valence-electron chi connectivity index (χ4n) is 5.25. The summed E-state index contributed by atoms with van der Waals surface area (Å²) in [5.74, 6) is 0.840. The van der Waals surface area contributed by atoms with Crippen LogP contribution in [0, 0.1) is 13.8 Å². The van der Waals surface area contributed by atoms with E-state index in [0.717, 1.165) is 46.0 Å². The van der Waals surface area contributed by atoms with Gasteiger partial charge < -0.3 is 19.8 Å². The monoisotopic (exact) mass is 645 g/mol. The maximum Gasteiger partial charge on any atom is 0.295 e. The largest absolute Gasteiger partial charge is 0.497 e. The number of aromatic nitrogens is 5. The number of benzene rings is 2. The molecule has 2 N–H and O–H groups in total. The zero-order valence-electron chi connectivity index (χ0n) is 23.8. The number of carbonyl (C=O) groups excluding carboxylic acids is 3. The van der Waals surface area contributed by atoms with Crippen molar-refractivity contribution >= 4 is 45.0 Å². The van der Waals surface area contributed by atoms with Gasteiger partial charge in [-0.3, -0.25) is 14.4 Å². The topological polar surface area (TPSA) is 154 Å². The number of hydrogen-bond acceptors (Lipinski definition) is 9. The number of halogens is 1. The van der Waals surface area contributed by atoms with Crippen LogP contribution < -0.4 is 15.4 Å². The molecule has 220 valence electrons. The molecule has 0 saturated carbocycles. The summed E-state index contributed by atoms with van der Waals surface area (Å²) in [5.41, 5.74) is 5.26. The molecule has 0 radical (unpaired) electrons. The highest BCUT2D eigenvalue weighted by molar-refractivity contribution is 9.10. The van der Waals surface area contributed by atoms with Gasteiger partial charge in [-0.15, -0.1) is 15.3 Å². The van der Waals surface area contributed by atoms with Gasteiger partial charge in [-0.05, 0) is 90.5 Å². The fourth-order valence-corrected chi connectivity index (χ4v) is 5.67. The number of nitrogens with zero attached hydrogens (tertiary/aromatic N) is 5. The van der Waals surface area contributed by atoms with Gasteiger partial charge >= 0.3 is 0 Å². The molecule has 2 amide bonds. The smallest absolute Gasteiger partial charge is 0.295 e. The zero-order chi connectivity index (χ0) is 30.2. The zero-order valence-corrected chi connectivity index (χ0v) is 25.4. The fraction of sp³-hybridized carbons (Fsp3) is 0.300. The minimum atomic E-state index is -0.506. The van der Waals surface area contributed by atoms with Gasteiger partial charge in [0.2, 0.25) is 23.5 Å². The van der Waals surface area contributed by atoms with Crippen molar-refractivity contribution in [3.8, 4) is 17.2 Å². The Kier molecular flexibility index (Phi) is 7.65. The maximum atomic E-state index is 13.0. The van der Waals surface area contributed by atoms with Gasteiger partial charge in [0, 0.05) is 40.7 Å². The molecule has 3 heterocycles. The molecule has 12 nitrogen and oxygen atoms in total. The predicted octanol–water partition coefficient (Wildman–Crippen LogP) is 5.22. The lowest BCUT2D eigenvalue weighted by molar-refractivity contribution is -0.116. The second kappa shape index (κ2) is 11.6. The molecule has 43 heavy (non-hydrogen) atoms. The van der Waals surface area contributed by atoms with Crippen LogP contribution in [-0.4, -0.2) is 49.8 Å². The highest BCUT2D eigenvalue weighted by Crippen LogP contribution is 2.33. The minimum Gasteiger partial charge on any atom is -0.497 e. The first-order chi connectivity index (χ1) is 20.7. The molecular formula is C30H28BrN7O5. The quantitative estimate of drug-likeness (QED) is 0.262. The minimum absolute atomic E-state index is 0.0538. The van der Waals surface area contributed by atoms with E-state index in [-0.39, 0.29) is 30.5 Å². The summed E-state index contributed by atoms with van der Waals surface area (Å²) in [7, 11) is 1.58. The first-order valence-electron chi connectivity index (χ1n) is 13.8. The first kappa shape index (κ1) is 28.5. The van der Waals surface area contributed by atoms with Gasteiger partial charge in [0.25, 0.3) is 11.8 Å². The van der Waals surface area contributed by atoms with E-state index in [9.17, 15) is 14.4 Å². The van der Waals surface area contributed by atoms with E-state index in [0.29, 0.717) is 46.7 Å². The summed E-state index contributed by atoms with van der Waals surface area (Å²) in [6, 6.07) is 8.99. The Morgan fingerprint density at radius 2 is 1.84 bits per heavy atom. The summed E-state index contributed by atoms with van der Waals surface area (Å²) in [6.07, 6.45) is 3.53. The Hall–Kier alpha value is -4.65. The van der Waals surface area contributed by atoms with Crippen molar-refractivity contribution < 1.29 is 23.5 Å². The SMILES string of the molecule is COc1ccc(Br)c(-c2nnc(CCC(=O)Nc3cc(C)c(NC(=O)c4nc5n(n4)C(=O)C4=C(CCC4)C5)cc3C)o2)c1. The normalized spacial score (nSPS) is 14.0. The Bertz CT molecular complexity index is 1820. The molecule has 4 aromatic rings. The maximum absolute atomic E-state index is 13.0. The molecule has 6 rings (SSSR count). The molecule has 0 unspecified atom stereocenters. The van der Waals surface area contributed by atoms with Gasteiger partial charge in [-0.1, -0.05) is 5.57 Å². The van der Waals surface area contributed by atoms with Crippen molar-refractivity contribution in [1.82, 2.24) is 25.0 Å². The summed E-state index contributed by atoms with van der Waals surface area (Å²) < 4.78 is 13.1. The number of hydrogen-bond donors (Lipinski definition) is 2. The molecule has 2 aliphatic rings. The van der Waals surface area contributed by atoms with Crippen LogP contribution in [0.4, 0.5) is 11.4 Å². The highest BCUT2D eigenvalue weighted by Gasteiger charge is 2.32. The third kappa shape index (κ3) is 5.72. The molecule has 2 aromatic heterocycles. The lowest BCUT2D eigenvalue weighted by Crippen LogP contribution is -2.23.